The molecule has 3 aromatic carbocycles. The first-order valence-corrected chi connectivity index (χ1v) is 12.5. The van der Waals surface area contributed by atoms with E-state index in [1.165, 1.54) is 16.8 Å². The number of anilines is 2. The number of piperazine rings is 1. The molecule has 3 heterocycles. The van der Waals surface area contributed by atoms with Gasteiger partial charge < -0.3 is 19.3 Å². The molecule has 6 heteroatoms. The van der Waals surface area contributed by atoms with Crippen LogP contribution in [-0.2, 0) is 0 Å². The number of carbonyl (C=O) groups is 1. The first-order chi connectivity index (χ1) is 17.6. The summed E-state index contributed by atoms with van der Waals surface area (Å²) >= 11 is 0. The molecule has 4 aromatic rings. The number of fused-ring (bicyclic) bond motifs is 2. The van der Waals surface area contributed by atoms with E-state index in [2.05, 4.69) is 46.8 Å². The van der Waals surface area contributed by atoms with Crippen LogP contribution < -0.4 is 19.3 Å². The molecule has 2 aliphatic rings. The van der Waals surface area contributed by atoms with E-state index in [0.29, 0.717) is 35.8 Å². The molecule has 0 bridgehead atoms. The van der Waals surface area contributed by atoms with Gasteiger partial charge in [0.05, 0.1) is 16.8 Å². The summed E-state index contributed by atoms with van der Waals surface area (Å²) in [4.78, 5) is 23.1. The number of hydrogen-bond donors (Lipinski definition) is 0. The van der Waals surface area contributed by atoms with Crippen LogP contribution in [0, 0.1) is 13.8 Å². The minimum Gasteiger partial charge on any atom is -0.486 e. The lowest BCUT2D eigenvalue weighted by molar-refractivity contribution is 0.103. The molecule has 1 aromatic heterocycles. The zero-order valence-electron chi connectivity index (χ0n) is 20.7. The van der Waals surface area contributed by atoms with Crippen LogP contribution in [0.15, 0.2) is 66.9 Å². The Kier molecular flexibility index (Phi) is 5.72. The Morgan fingerprint density at radius 3 is 2.28 bits per heavy atom. The van der Waals surface area contributed by atoms with E-state index < -0.39 is 0 Å². The summed E-state index contributed by atoms with van der Waals surface area (Å²) in [6, 6.07) is 19.8. The van der Waals surface area contributed by atoms with Gasteiger partial charge in [-0.05, 0) is 37.1 Å². The van der Waals surface area contributed by atoms with Crippen LogP contribution in [0.2, 0.25) is 0 Å². The zero-order chi connectivity index (χ0) is 24.6. The summed E-state index contributed by atoms with van der Waals surface area (Å²) in [5, 5.41) is 0.918. The Hall–Kier alpha value is -4.06. The molecule has 0 amide bonds. The Morgan fingerprint density at radius 1 is 0.833 bits per heavy atom. The van der Waals surface area contributed by atoms with Gasteiger partial charge in [-0.25, -0.2) is 0 Å². The number of ketones is 1. The van der Waals surface area contributed by atoms with E-state index in [-0.39, 0.29) is 5.78 Å². The molecule has 6 nitrogen and oxygen atoms in total. The monoisotopic (exact) mass is 479 g/mol. The molecule has 0 aliphatic carbocycles. The van der Waals surface area contributed by atoms with Crippen LogP contribution in [0.4, 0.5) is 11.4 Å². The maximum atomic E-state index is 13.7. The fourth-order valence-electron chi connectivity index (χ4n) is 5.22. The molecule has 0 atom stereocenters. The standard InChI is InChI=1S/C30H29N3O3/c1-20-7-6-10-26(21(20)2)32-11-13-33(14-12-32)29-23-17-27-28(36-16-15-35-27)18-25(23)31-19-24(29)30(34)22-8-4-3-5-9-22/h3-10,17-19H,11-16H2,1-2H3. The molecule has 6 rings (SSSR count). The van der Waals surface area contributed by atoms with Crippen molar-refractivity contribution < 1.29 is 14.3 Å². The number of aryl methyl sites for hydroxylation is 1. The third kappa shape index (κ3) is 3.92. The van der Waals surface area contributed by atoms with Gasteiger partial charge in [0.1, 0.15) is 13.2 Å². The first kappa shape index (κ1) is 22.4. The predicted octanol–water partition coefficient (Wildman–Crippen LogP) is 5.18. The van der Waals surface area contributed by atoms with Gasteiger partial charge in [-0.2, -0.15) is 0 Å². The van der Waals surface area contributed by atoms with Crippen molar-refractivity contribution in [1.82, 2.24) is 4.98 Å². The SMILES string of the molecule is Cc1cccc(N2CCN(c3c(C(=O)c4ccccc4)cnc4cc5c(cc34)OCCO5)CC2)c1C. The van der Waals surface area contributed by atoms with E-state index in [0.717, 1.165) is 42.8 Å². The van der Waals surface area contributed by atoms with Gasteiger partial charge in [-0.1, -0.05) is 42.5 Å². The molecule has 1 fully saturated rings. The van der Waals surface area contributed by atoms with Crippen LogP contribution in [0.5, 0.6) is 11.5 Å². The van der Waals surface area contributed by atoms with Gasteiger partial charge in [-0.15, -0.1) is 0 Å². The van der Waals surface area contributed by atoms with Crippen LogP contribution in [0.1, 0.15) is 27.0 Å². The number of carbonyl (C=O) groups excluding carboxylic acids is 1. The van der Waals surface area contributed by atoms with Crippen molar-refractivity contribution in [3.05, 3.63) is 89.1 Å². The molecule has 0 unspecified atom stereocenters. The molecule has 0 radical (unpaired) electrons. The van der Waals surface area contributed by atoms with Crippen molar-refractivity contribution >= 4 is 28.1 Å². The van der Waals surface area contributed by atoms with Crippen molar-refractivity contribution in [3.63, 3.8) is 0 Å². The molecule has 0 spiro atoms. The molecular weight excluding hydrogens is 450 g/mol. The largest absolute Gasteiger partial charge is 0.486 e. The molecule has 2 aliphatic heterocycles. The second-order valence-corrected chi connectivity index (χ2v) is 9.42. The fraction of sp³-hybridized carbons (Fsp3) is 0.267. The maximum absolute atomic E-state index is 13.7. The lowest BCUT2D eigenvalue weighted by Crippen LogP contribution is -2.47. The van der Waals surface area contributed by atoms with Gasteiger partial charge >= 0.3 is 0 Å². The highest BCUT2D eigenvalue weighted by molar-refractivity contribution is 6.16. The van der Waals surface area contributed by atoms with Crippen molar-refractivity contribution in [2.45, 2.75) is 13.8 Å². The van der Waals surface area contributed by atoms with E-state index in [9.17, 15) is 4.79 Å². The molecule has 0 saturated carbocycles. The molecule has 0 N–H and O–H groups in total. The molecular formula is C30H29N3O3. The minimum atomic E-state index is -0.0214. The fourth-order valence-corrected chi connectivity index (χ4v) is 5.22. The highest BCUT2D eigenvalue weighted by Crippen LogP contribution is 2.40. The smallest absolute Gasteiger partial charge is 0.196 e. The highest BCUT2D eigenvalue weighted by Gasteiger charge is 2.27. The summed E-state index contributed by atoms with van der Waals surface area (Å²) in [7, 11) is 0. The lowest BCUT2D eigenvalue weighted by atomic mass is 9.99. The van der Waals surface area contributed by atoms with E-state index >= 15 is 0 Å². The van der Waals surface area contributed by atoms with E-state index in [1.807, 2.05) is 42.5 Å². The number of rotatable bonds is 4. The van der Waals surface area contributed by atoms with E-state index in [1.54, 1.807) is 6.20 Å². The van der Waals surface area contributed by atoms with Gasteiger partial charge in [0.2, 0.25) is 0 Å². The average molecular weight is 480 g/mol. The predicted molar refractivity (Wildman–Crippen MR) is 143 cm³/mol. The topological polar surface area (TPSA) is 54.9 Å². The van der Waals surface area contributed by atoms with Crippen LogP contribution in [-0.4, -0.2) is 50.2 Å². The van der Waals surface area contributed by atoms with E-state index in [4.69, 9.17) is 9.47 Å². The normalized spacial score (nSPS) is 15.3. The summed E-state index contributed by atoms with van der Waals surface area (Å²) in [5.74, 6) is 1.39. The molecule has 36 heavy (non-hydrogen) atoms. The summed E-state index contributed by atoms with van der Waals surface area (Å²) in [5.41, 5.74) is 6.91. The number of ether oxygens (including phenoxy) is 2. The lowest BCUT2D eigenvalue weighted by Gasteiger charge is -2.39. The zero-order valence-corrected chi connectivity index (χ0v) is 20.7. The van der Waals surface area contributed by atoms with Crippen molar-refractivity contribution in [1.29, 1.82) is 0 Å². The summed E-state index contributed by atoms with van der Waals surface area (Å²) in [6.07, 6.45) is 1.72. The summed E-state index contributed by atoms with van der Waals surface area (Å²) in [6.45, 7) is 8.73. The van der Waals surface area contributed by atoms with Gasteiger partial charge in [0, 0.05) is 55.1 Å². The minimum absolute atomic E-state index is 0.0214. The first-order valence-electron chi connectivity index (χ1n) is 12.5. The second-order valence-electron chi connectivity index (χ2n) is 9.42. The molecule has 1 saturated heterocycles. The van der Waals surface area contributed by atoms with Gasteiger partial charge in [0.25, 0.3) is 0 Å². The number of pyridine rings is 1. The third-order valence-electron chi connectivity index (χ3n) is 7.30. The third-order valence-corrected chi connectivity index (χ3v) is 7.30. The van der Waals surface area contributed by atoms with Crippen LogP contribution in [0.3, 0.4) is 0 Å². The van der Waals surface area contributed by atoms with Crippen LogP contribution >= 0.6 is 0 Å². The number of benzene rings is 3. The number of hydrogen-bond acceptors (Lipinski definition) is 6. The Balaban J connectivity index is 1.41. The number of nitrogens with zero attached hydrogens (tertiary/aromatic N) is 3. The van der Waals surface area contributed by atoms with Crippen LogP contribution in [0.25, 0.3) is 10.9 Å². The second kappa shape index (κ2) is 9.19. The number of aromatic nitrogens is 1. The highest BCUT2D eigenvalue weighted by atomic mass is 16.6. The molecule has 182 valence electrons. The van der Waals surface area contributed by atoms with Crippen molar-refractivity contribution in [2.75, 3.05) is 49.2 Å². The Bertz CT molecular complexity index is 1440. The van der Waals surface area contributed by atoms with Crippen molar-refractivity contribution in [3.8, 4) is 11.5 Å². The van der Waals surface area contributed by atoms with Gasteiger partial charge in [0.15, 0.2) is 17.3 Å². The quantitative estimate of drug-likeness (QED) is 0.376. The maximum Gasteiger partial charge on any atom is 0.196 e. The van der Waals surface area contributed by atoms with Gasteiger partial charge in [-0.3, -0.25) is 9.78 Å². The van der Waals surface area contributed by atoms with Crippen molar-refractivity contribution in [2.24, 2.45) is 0 Å². The Morgan fingerprint density at radius 2 is 1.53 bits per heavy atom. The Labute approximate surface area is 211 Å². The summed E-state index contributed by atoms with van der Waals surface area (Å²) < 4.78 is 11.7. The average Bonchev–Trinajstić information content (AvgIpc) is 2.93.